The molecule has 0 unspecified atom stereocenters. The summed E-state index contributed by atoms with van der Waals surface area (Å²) in [6.07, 6.45) is 2.56. The molecule has 0 saturated heterocycles. The zero-order valence-corrected chi connectivity index (χ0v) is 15.3. The lowest BCUT2D eigenvalue weighted by Crippen LogP contribution is -2.11. The quantitative estimate of drug-likeness (QED) is 0.499. The third-order valence-corrected chi connectivity index (χ3v) is 4.53. The molecule has 0 amide bonds. The minimum Gasteiger partial charge on any atom is -0.462 e. The number of nitrogens with zero attached hydrogens (tertiary/aromatic N) is 2. The molecule has 0 aliphatic rings. The van der Waals surface area contributed by atoms with Crippen molar-refractivity contribution in [2.45, 2.75) is 33.6 Å². The highest BCUT2D eigenvalue weighted by Crippen LogP contribution is 2.20. The van der Waals surface area contributed by atoms with Crippen LogP contribution in [0.2, 0.25) is 0 Å². The molecule has 0 spiro atoms. The molecule has 0 radical (unpaired) electrons. The largest absolute Gasteiger partial charge is 0.462 e. The van der Waals surface area contributed by atoms with E-state index in [-0.39, 0.29) is 11.8 Å². The number of fused-ring (bicyclic) bond motifs is 1. The van der Waals surface area contributed by atoms with Gasteiger partial charge in [-0.15, -0.1) is 0 Å². The first kappa shape index (κ1) is 17.9. The third kappa shape index (κ3) is 3.52. The lowest BCUT2D eigenvalue weighted by Gasteiger charge is -2.10. The highest BCUT2D eigenvalue weighted by atomic mass is 16.5. The molecule has 26 heavy (non-hydrogen) atoms. The van der Waals surface area contributed by atoms with E-state index in [4.69, 9.17) is 4.74 Å². The fraction of sp³-hybridized carbons (Fsp3) is 0.286. The molecule has 3 rings (SSSR count). The Morgan fingerprint density at radius 1 is 1.15 bits per heavy atom. The molecule has 0 bridgehead atoms. The Bertz CT molecular complexity index is 958. The second-order valence-electron chi connectivity index (χ2n) is 6.23. The first-order chi connectivity index (χ1) is 12.5. The van der Waals surface area contributed by atoms with E-state index >= 15 is 0 Å². The Morgan fingerprint density at radius 3 is 2.58 bits per heavy atom. The van der Waals surface area contributed by atoms with Crippen LogP contribution < -0.4 is 0 Å². The van der Waals surface area contributed by atoms with Crippen molar-refractivity contribution in [2.75, 3.05) is 6.61 Å². The second kappa shape index (κ2) is 7.52. The van der Waals surface area contributed by atoms with Gasteiger partial charge in [-0.05, 0) is 38.8 Å². The van der Waals surface area contributed by atoms with Crippen molar-refractivity contribution in [1.82, 2.24) is 9.38 Å². The average molecular weight is 350 g/mol. The van der Waals surface area contributed by atoms with Gasteiger partial charge in [0.15, 0.2) is 5.78 Å². The maximum atomic E-state index is 12.4. The molecule has 5 heteroatoms. The van der Waals surface area contributed by atoms with E-state index in [2.05, 4.69) is 4.98 Å². The van der Waals surface area contributed by atoms with Crippen molar-refractivity contribution in [2.24, 2.45) is 0 Å². The van der Waals surface area contributed by atoms with Gasteiger partial charge in [-0.1, -0.05) is 30.3 Å². The molecule has 2 heterocycles. The van der Waals surface area contributed by atoms with Crippen molar-refractivity contribution in [3.63, 3.8) is 0 Å². The minimum absolute atomic E-state index is 0.0518. The van der Waals surface area contributed by atoms with Crippen molar-refractivity contribution < 1.29 is 14.3 Å². The van der Waals surface area contributed by atoms with E-state index in [1.807, 2.05) is 42.5 Å². The van der Waals surface area contributed by atoms with Gasteiger partial charge in [0.1, 0.15) is 5.65 Å². The number of esters is 1. The van der Waals surface area contributed by atoms with Gasteiger partial charge in [-0.3, -0.25) is 4.79 Å². The molecule has 5 nitrogen and oxygen atoms in total. The fourth-order valence-corrected chi connectivity index (χ4v) is 2.98. The molecule has 3 aromatic rings. The van der Waals surface area contributed by atoms with Crippen LogP contribution in [0.25, 0.3) is 5.65 Å². The molecule has 0 atom stereocenters. The normalized spacial score (nSPS) is 10.9. The first-order valence-corrected chi connectivity index (χ1v) is 8.74. The first-order valence-electron chi connectivity index (χ1n) is 8.74. The summed E-state index contributed by atoms with van der Waals surface area (Å²) in [4.78, 5) is 29.3. The second-order valence-corrected chi connectivity index (χ2v) is 6.23. The van der Waals surface area contributed by atoms with Crippen LogP contribution in [0.3, 0.4) is 0 Å². The van der Waals surface area contributed by atoms with Crippen LogP contribution >= 0.6 is 0 Å². The summed E-state index contributed by atoms with van der Waals surface area (Å²) in [6.45, 7) is 5.98. The molecule has 1 aromatic carbocycles. The molecule has 0 fully saturated rings. The van der Waals surface area contributed by atoms with Crippen LogP contribution in [0.5, 0.6) is 0 Å². The van der Waals surface area contributed by atoms with Gasteiger partial charge < -0.3 is 9.14 Å². The lowest BCUT2D eigenvalue weighted by molar-refractivity contribution is 0.0524. The maximum Gasteiger partial charge on any atom is 0.339 e. The summed E-state index contributed by atoms with van der Waals surface area (Å²) < 4.78 is 7.09. The number of carbonyl (C=O) groups excluding carboxylic acids is 2. The number of ketones is 1. The van der Waals surface area contributed by atoms with Crippen LogP contribution in [0.1, 0.15) is 51.0 Å². The van der Waals surface area contributed by atoms with E-state index in [9.17, 15) is 9.59 Å². The Morgan fingerprint density at radius 2 is 1.88 bits per heavy atom. The number of pyridine rings is 1. The van der Waals surface area contributed by atoms with Gasteiger partial charge in [0, 0.05) is 23.9 Å². The number of rotatable bonds is 6. The van der Waals surface area contributed by atoms with Crippen LogP contribution in [-0.4, -0.2) is 27.7 Å². The van der Waals surface area contributed by atoms with E-state index in [1.54, 1.807) is 25.3 Å². The summed E-state index contributed by atoms with van der Waals surface area (Å²) in [5.41, 5.74) is 4.62. The Kier molecular flexibility index (Phi) is 5.16. The Labute approximate surface area is 152 Å². The highest BCUT2D eigenvalue weighted by Gasteiger charge is 2.17. The number of carbonyl (C=O) groups is 2. The number of benzene rings is 1. The van der Waals surface area contributed by atoms with E-state index in [0.29, 0.717) is 30.6 Å². The zero-order valence-electron chi connectivity index (χ0n) is 15.3. The molecule has 2 aromatic heterocycles. The average Bonchev–Trinajstić information content (AvgIpc) is 2.93. The standard InChI is InChI=1S/C21H22N2O3/c1-4-26-21(25)18-13-23-15(3)14(2)22-20(23)12-17(18)10-11-19(24)16-8-6-5-7-9-16/h5-9,12-13H,4,10-11H2,1-3H3. The lowest BCUT2D eigenvalue weighted by atomic mass is 10.0. The number of aromatic nitrogens is 2. The van der Waals surface area contributed by atoms with Gasteiger partial charge in [0.05, 0.1) is 17.9 Å². The molecule has 134 valence electrons. The third-order valence-electron chi connectivity index (χ3n) is 4.53. The smallest absolute Gasteiger partial charge is 0.339 e. The van der Waals surface area contributed by atoms with Crippen LogP contribution in [-0.2, 0) is 11.2 Å². The number of Topliss-reactive ketones (excluding diaryl/α,β-unsaturated/α-hetero) is 1. The van der Waals surface area contributed by atoms with Gasteiger partial charge in [0.25, 0.3) is 0 Å². The number of hydrogen-bond acceptors (Lipinski definition) is 4. The minimum atomic E-state index is -0.373. The molecular weight excluding hydrogens is 328 g/mol. The van der Waals surface area contributed by atoms with Crippen LogP contribution in [0, 0.1) is 13.8 Å². The summed E-state index contributed by atoms with van der Waals surface area (Å²) in [5.74, 6) is -0.321. The fourth-order valence-electron chi connectivity index (χ4n) is 2.98. The van der Waals surface area contributed by atoms with Crippen LogP contribution in [0.4, 0.5) is 0 Å². The number of aryl methyl sites for hydroxylation is 3. The van der Waals surface area contributed by atoms with Gasteiger partial charge in [-0.2, -0.15) is 0 Å². The summed E-state index contributed by atoms with van der Waals surface area (Å²) in [7, 11) is 0. The van der Waals surface area contributed by atoms with E-state index < -0.39 is 0 Å². The van der Waals surface area contributed by atoms with E-state index in [1.165, 1.54) is 0 Å². The monoisotopic (exact) mass is 350 g/mol. The Balaban J connectivity index is 1.93. The maximum absolute atomic E-state index is 12.4. The molecule has 0 N–H and O–H groups in total. The van der Waals surface area contributed by atoms with Gasteiger partial charge in [-0.25, -0.2) is 9.78 Å². The van der Waals surface area contributed by atoms with Crippen molar-refractivity contribution in [3.8, 4) is 0 Å². The van der Waals surface area contributed by atoms with Crippen molar-refractivity contribution in [3.05, 3.63) is 70.7 Å². The predicted octanol–water partition coefficient (Wildman–Crippen LogP) is 3.94. The van der Waals surface area contributed by atoms with Crippen molar-refractivity contribution >= 4 is 17.4 Å². The summed E-state index contributed by atoms with van der Waals surface area (Å²) >= 11 is 0. The number of ether oxygens (including phenoxy) is 1. The number of hydrogen-bond donors (Lipinski definition) is 0. The zero-order chi connectivity index (χ0) is 18.7. The molecule has 0 aliphatic heterocycles. The highest BCUT2D eigenvalue weighted by molar-refractivity contribution is 5.96. The SMILES string of the molecule is CCOC(=O)c1cn2c(C)c(C)nc2cc1CCC(=O)c1ccccc1. The Hall–Kier alpha value is -2.95. The topological polar surface area (TPSA) is 60.7 Å². The molecular formula is C21H22N2O3. The molecule has 0 aliphatic carbocycles. The number of imidazole rings is 1. The predicted molar refractivity (Wildman–Crippen MR) is 99.7 cm³/mol. The summed E-state index contributed by atoms with van der Waals surface area (Å²) in [6, 6.07) is 11.1. The van der Waals surface area contributed by atoms with Crippen molar-refractivity contribution in [1.29, 1.82) is 0 Å². The molecule has 0 saturated carbocycles. The van der Waals surface area contributed by atoms with Gasteiger partial charge >= 0.3 is 5.97 Å². The summed E-state index contributed by atoms with van der Waals surface area (Å²) in [5, 5.41) is 0. The van der Waals surface area contributed by atoms with Gasteiger partial charge in [0.2, 0.25) is 0 Å². The van der Waals surface area contributed by atoms with Crippen LogP contribution in [0.15, 0.2) is 42.6 Å². The van der Waals surface area contributed by atoms with E-state index in [0.717, 1.165) is 22.6 Å².